The van der Waals surface area contributed by atoms with Crippen molar-refractivity contribution in [3.05, 3.63) is 95.6 Å². The summed E-state index contributed by atoms with van der Waals surface area (Å²) < 4.78 is 12.4. The fourth-order valence-corrected chi connectivity index (χ4v) is 5.16. The van der Waals surface area contributed by atoms with E-state index in [-0.39, 0.29) is 42.6 Å². The molecular formula is C31H38N3O8P. The first-order valence-corrected chi connectivity index (χ1v) is 15.6. The van der Waals surface area contributed by atoms with E-state index in [9.17, 15) is 38.9 Å². The highest BCUT2D eigenvalue weighted by molar-refractivity contribution is 7.52. The number of hydrogen-bond acceptors (Lipinski definition) is 6. The van der Waals surface area contributed by atoms with Crippen molar-refractivity contribution in [2.75, 3.05) is 0 Å². The zero-order valence-electron chi connectivity index (χ0n) is 24.0. The first-order valence-electron chi connectivity index (χ1n) is 13.9. The van der Waals surface area contributed by atoms with Crippen LogP contribution in [-0.4, -0.2) is 55.6 Å². The summed E-state index contributed by atoms with van der Waals surface area (Å²) in [5, 5.41) is 27.1. The predicted octanol–water partition coefficient (Wildman–Crippen LogP) is 2.76. The van der Waals surface area contributed by atoms with Gasteiger partial charge in [0.15, 0.2) is 0 Å². The Hall–Kier alpha value is -4.18. The average Bonchev–Trinajstić information content (AvgIpc) is 2.97. The molecule has 3 aromatic carbocycles. The van der Waals surface area contributed by atoms with Crippen molar-refractivity contribution < 1.29 is 38.9 Å². The zero-order valence-corrected chi connectivity index (χ0v) is 24.9. The van der Waals surface area contributed by atoms with Crippen molar-refractivity contribution in [2.24, 2.45) is 5.92 Å². The van der Waals surface area contributed by atoms with Crippen LogP contribution >= 0.6 is 7.60 Å². The second kappa shape index (κ2) is 15.3. The molecule has 230 valence electrons. The summed E-state index contributed by atoms with van der Waals surface area (Å²) in [5.41, 5.74) is 1.80. The molecule has 3 amide bonds. The zero-order chi connectivity index (χ0) is 31.6. The molecule has 0 aliphatic rings. The van der Waals surface area contributed by atoms with E-state index < -0.39 is 37.3 Å². The van der Waals surface area contributed by atoms with Gasteiger partial charge in [-0.25, -0.2) is 0 Å². The molecule has 0 saturated carbocycles. The molecular weight excluding hydrogens is 573 g/mol. The molecule has 3 aromatic rings. The maximum Gasteiger partial charge on any atom is 0.347 e. The quantitative estimate of drug-likeness (QED) is 0.136. The Morgan fingerprint density at radius 3 is 1.77 bits per heavy atom. The molecule has 0 spiro atoms. The van der Waals surface area contributed by atoms with E-state index in [1.807, 2.05) is 13.0 Å². The van der Waals surface area contributed by atoms with Crippen LogP contribution in [0.3, 0.4) is 0 Å². The summed E-state index contributed by atoms with van der Waals surface area (Å²) in [6.07, 6.45) is 0.308. The lowest BCUT2D eigenvalue weighted by atomic mass is 9.96. The minimum absolute atomic E-state index is 0.00205. The van der Waals surface area contributed by atoms with E-state index in [1.165, 1.54) is 36.4 Å². The maximum atomic E-state index is 13.6. The number of carbonyl (C=O) groups is 3. The van der Waals surface area contributed by atoms with Crippen LogP contribution in [0.2, 0.25) is 0 Å². The summed E-state index contributed by atoms with van der Waals surface area (Å²) in [6, 6.07) is 18.4. The van der Waals surface area contributed by atoms with Gasteiger partial charge in [-0.2, -0.15) is 0 Å². The molecule has 0 heterocycles. The second-order valence-electron chi connectivity index (χ2n) is 10.5. The number of benzene rings is 3. The lowest BCUT2D eigenvalue weighted by molar-refractivity contribution is -0.133. The van der Waals surface area contributed by atoms with Gasteiger partial charge in [-0.05, 0) is 46.9 Å². The van der Waals surface area contributed by atoms with E-state index in [2.05, 4.69) is 16.0 Å². The smallest absolute Gasteiger partial charge is 0.347 e. The van der Waals surface area contributed by atoms with Crippen LogP contribution in [0.15, 0.2) is 78.9 Å². The molecule has 0 bridgehead atoms. The number of carbonyl (C=O) groups excluding carboxylic acids is 3. The van der Waals surface area contributed by atoms with E-state index >= 15 is 0 Å². The number of aromatic hydroxyl groups is 2. The number of rotatable bonds is 14. The van der Waals surface area contributed by atoms with Gasteiger partial charge in [-0.3, -0.25) is 18.9 Å². The Morgan fingerprint density at radius 2 is 1.26 bits per heavy atom. The van der Waals surface area contributed by atoms with Crippen LogP contribution in [0.5, 0.6) is 11.5 Å². The molecule has 0 radical (unpaired) electrons. The van der Waals surface area contributed by atoms with Gasteiger partial charge in [-0.15, -0.1) is 0 Å². The van der Waals surface area contributed by atoms with Crippen LogP contribution in [0.1, 0.15) is 37.0 Å². The molecule has 3 rings (SSSR count). The fourth-order valence-electron chi connectivity index (χ4n) is 4.42. The molecule has 0 aliphatic heterocycles. The minimum Gasteiger partial charge on any atom is -0.508 e. The third-order valence-electron chi connectivity index (χ3n) is 7.11. The number of phenols is 2. The molecule has 12 heteroatoms. The van der Waals surface area contributed by atoms with Gasteiger partial charge in [0.05, 0.1) is 6.42 Å². The Morgan fingerprint density at radius 1 is 0.721 bits per heavy atom. The van der Waals surface area contributed by atoms with Gasteiger partial charge in [0.25, 0.3) is 0 Å². The van der Waals surface area contributed by atoms with Crippen LogP contribution < -0.4 is 16.0 Å². The third kappa shape index (κ3) is 10.6. The summed E-state index contributed by atoms with van der Waals surface area (Å²) in [4.78, 5) is 60.0. The predicted molar refractivity (Wildman–Crippen MR) is 161 cm³/mol. The van der Waals surface area contributed by atoms with Gasteiger partial charge >= 0.3 is 7.60 Å². The largest absolute Gasteiger partial charge is 0.508 e. The average molecular weight is 612 g/mol. The summed E-state index contributed by atoms with van der Waals surface area (Å²) in [6.45, 7) is 3.66. The van der Waals surface area contributed by atoms with Crippen LogP contribution in [0.4, 0.5) is 0 Å². The molecule has 7 N–H and O–H groups in total. The van der Waals surface area contributed by atoms with Crippen molar-refractivity contribution in [3.63, 3.8) is 0 Å². The van der Waals surface area contributed by atoms with Crippen LogP contribution in [0, 0.1) is 5.92 Å². The Labute approximate surface area is 250 Å². The fraction of sp³-hybridized carbons (Fsp3) is 0.323. The SMILES string of the molecule is CC[C@H](C)[C@H](NC(=O)Cc1ccccc1)C(=O)N[C@@H](Cc1ccc(O)cc1)C(=O)N[C@@H](Cc1ccc(O)cc1)P(=O)(O)O. The molecule has 0 fully saturated rings. The van der Waals surface area contributed by atoms with Gasteiger partial charge in [-0.1, -0.05) is 74.9 Å². The van der Waals surface area contributed by atoms with Gasteiger partial charge in [0.2, 0.25) is 17.7 Å². The topological polar surface area (TPSA) is 185 Å². The Kier molecular flexibility index (Phi) is 11.9. The van der Waals surface area contributed by atoms with Crippen molar-refractivity contribution >= 4 is 25.3 Å². The van der Waals surface area contributed by atoms with E-state index in [0.29, 0.717) is 17.5 Å². The first-order chi connectivity index (χ1) is 20.3. The number of amides is 3. The minimum atomic E-state index is -4.86. The van der Waals surface area contributed by atoms with Crippen molar-refractivity contribution in [3.8, 4) is 11.5 Å². The summed E-state index contributed by atoms with van der Waals surface area (Å²) in [5.74, 6) is -3.77. The highest BCUT2D eigenvalue weighted by Gasteiger charge is 2.35. The van der Waals surface area contributed by atoms with Crippen LogP contribution in [-0.2, 0) is 38.2 Å². The van der Waals surface area contributed by atoms with E-state index in [1.54, 1.807) is 43.3 Å². The third-order valence-corrected chi connectivity index (χ3v) is 8.23. The Bertz CT molecular complexity index is 1410. The van der Waals surface area contributed by atoms with Gasteiger partial charge < -0.3 is 36.0 Å². The van der Waals surface area contributed by atoms with Crippen molar-refractivity contribution in [2.45, 2.75) is 57.4 Å². The lowest BCUT2D eigenvalue weighted by Crippen LogP contribution is -2.57. The molecule has 0 aliphatic carbocycles. The van der Waals surface area contributed by atoms with Gasteiger partial charge in [0.1, 0.15) is 29.4 Å². The molecule has 4 atom stereocenters. The second-order valence-corrected chi connectivity index (χ2v) is 12.3. The van der Waals surface area contributed by atoms with Gasteiger partial charge in [0, 0.05) is 12.8 Å². The molecule has 11 nitrogen and oxygen atoms in total. The number of phenolic OH excluding ortho intramolecular Hbond substituents is 2. The van der Waals surface area contributed by atoms with E-state index in [0.717, 1.165) is 5.56 Å². The summed E-state index contributed by atoms with van der Waals surface area (Å²) in [7, 11) is -4.86. The monoisotopic (exact) mass is 611 g/mol. The van der Waals surface area contributed by atoms with Crippen LogP contribution in [0.25, 0.3) is 0 Å². The standard InChI is InChI=1S/C31H38N3O8P/c1-3-20(2)29(33-27(37)18-21-7-5-4-6-8-21)31(39)32-26(17-22-9-13-24(35)14-10-22)30(38)34-28(43(40,41)42)19-23-11-15-25(36)16-12-23/h4-16,20,26,28-29,35-36H,3,17-19H2,1-2H3,(H,32,39)(H,33,37)(H,34,38)(H2,40,41,42)/t20-,26-,28+,29-/m0/s1. The highest BCUT2D eigenvalue weighted by atomic mass is 31.2. The van der Waals surface area contributed by atoms with E-state index in [4.69, 9.17) is 0 Å². The molecule has 0 saturated heterocycles. The number of hydrogen-bond donors (Lipinski definition) is 7. The maximum absolute atomic E-state index is 13.6. The number of nitrogens with one attached hydrogen (secondary N) is 3. The highest BCUT2D eigenvalue weighted by Crippen LogP contribution is 2.41. The molecule has 0 aromatic heterocycles. The lowest BCUT2D eigenvalue weighted by Gasteiger charge is -2.28. The molecule has 43 heavy (non-hydrogen) atoms. The Balaban J connectivity index is 1.83. The molecule has 0 unspecified atom stereocenters. The van der Waals surface area contributed by atoms with Crippen molar-refractivity contribution in [1.82, 2.24) is 16.0 Å². The normalized spacial score (nSPS) is 14.1. The van der Waals surface area contributed by atoms with Crippen molar-refractivity contribution in [1.29, 1.82) is 0 Å². The summed E-state index contributed by atoms with van der Waals surface area (Å²) >= 11 is 0. The first kappa shape index (κ1) is 33.3.